The van der Waals surface area contributed by atoms with Crippen LogP contribution >= 0.6 is 8.10 Å². The van der Waals surface area contributed by atoms with E-state index in [1.54, 1.807) is 14.2 Å². The minimum Gasteiger partial charge on any atom is -0.383 e. The first-order chi connectivity index (χ1) is 5.81. The molecule has 0 unspecified atom stereocenters. The van der Waals surface area contributed by atoms with E-state index in [0.29, 0.717) is 26.3 Å². The highest BCUT2D eigenvalue weighted by molar-refractivity contribution is 7.40. The summed E-state index contributed by atoms with van der Waals surface area (Å²) in [6.07, 6.45) is 0. The number of methoxy groups -OCH3 is 2. The number of hydrogen-bond donors (Lipinski definition) is 2. The molecule has 0 aromatic carbocycles. The van der Waals surface area contributed by atoms with Crippen molar-refractivity contribution in [2.45, 2.75) is 0 Å². The third-order valence-electron chi connectivity index (χ3n) is 1.18. The molecule has 0 spiro atoms. The van der Waals surface area contributed by atoms with Gasteiger partial charge < -0.3 is 9.47 Å². The van der Waals surface area contributed by atoms with Crippen LogP contribution in [0.3, 0.4) is 0 Å². The van der Waals surface area contributed by atoms with E-state index < -0.39 is 8.10 Å². The first-order valence-electron chi connectivity index (χ1n) is 3.81. The van der Waals surface area contributed by atoms with Crippen molar-refractivity contribution in [3.05, 3.63) is 0 Å². The maximum Gasteiger partial charge on any atom is 0.199 e. The molecule has 0 saturated carbocycles. The zero-order valence-electron chi connectivity index (χ0n) is 7.55. The highest BCUT2D eigenvalue weighted by atomic mass is 31.1. The van der Waals surface area contributed by atoms with E-state index in [-0.39, 0.29) is 0 Å². The number of rotatable bonds is 8. The smallest absolute Gasteiger partial charge is 0.199 e. The Kier molecular flexibility index (Phi) is 9.21. The Morgan fingerprint density at radius 2 is 1.50 bits per heavy atom. The van der Waals surface area contributed by atoms with Crippen LogP contribution in [-0.2, 0) is 14.0 Å². The van der Waals surface area contributed by atoms with Crippen LogP contribution in [0.5, 0.6) is 0 Å². The van der Waals surface area contributed by atoms with Crippen LogP contribution in [0.25, 0.3) is 0 Å². The molecule has 0 aromatic heterocycles. The molecule has 2 N–H and O–H groups in total. The molecule has 0 aliphatic rings. The minimum absolute atomic E-state index is 0.572. The van der Waals surface area contributed by atoms with E-state index >= 15 is 0 Å². The summed E-state index contributed by atoms with van der Waals surface area (Å²) in [6, 6.07) is 0. The fraction of sp³-hybridized carbons (Fsp3) is 1.00. The van der Waals surface area contributed by atoms with Crippen LogP contribution in [0.15, 0.2) is 0 Å². The molecule has 12 heavy (non-hydrogen) atoms. The zero-order valence-corrected chi connectivity index (χ0v) is 8.55. The number of ether oxygens (including phenoxy) is 2. The molecule has 0 aromatic rings. The normalized spacial score (nSPS) is 10.9. The molecule has 0 saturated heterocycles. The Bertz CT molecular complexity index is 111. The zero-order chi connectivity index (χ0) is 9.23. The molecule has 0 fully saturated rings. The van der Waals surface area contributed by atoms with Gasteiger partial charge in [-0.15, -0.1) is 0 Å². The Balaban J connectivity index is 3.10. The SMILES string of the molecule is COCCN[PH](=O)NCCOC. The maximum atomic E-state index is 11.0. The average molecular weight is 196 g/mol. The predicted octanol–water partition coefficient (Wildman–Crippen LogP) is -0.152. The van der Waals surface area contributed by atoms with Crippen LogP contribution in [0.2, 0.25) is 0 Å². The fourth-order valence-electron chi connectivity index (χ4n) is 0.596. The van der Waals surface area contributed by atoms with Gasteiger partial charge in [0.2, 0.25) is 0 Å². The van der Waals surface area contributed by atoms with Crippen LogP contribution in [0.4, 0.5) is 0 Å². The van der Waals surface area contributed by atoms with Gasteiger partial charge in [-0.2, -0.15) is 0 Å². The van der Waals surface area contributed by atoms with Crippen LogP contribution < -0.4 is 10.2 Å². The van der Waals surface area contributed by atoms with Crippen molar-refractivity contribution in [2.75, 3.05) is 40.5 Å². The Hall–Kier alpha value is 0.0700. The lowest BCUT2D eigenvalue weighted by Crippen LogP contribution is -2.20. The number of nitrogens with one attached hydrogen (secondary N) is 2. The standard InChI is InChI=1S/C6H17N2O3P/c1-10-5-3-7-12(9)8-4-6-11-2/h12H,3-6H2,1-2H3,(H2,7,8,9). The van der Waals surface area contributed by atoms with Gasteiger partial charge in [0.1, 0.15) is 0 Å². The molecule has 0 bridgehead atoms. The van der Waals surface area contributed by atoms with Crippen LogP contribution in [-0.4, -0.2) is 40.5 Å². The predicted molar refractivity (Wildman–Crippen MR) is 48.8 cm³/mol. The summed E-state index contributed by atoms with van der Waals surface area (Å²) in [7, 11) is 1.37. The van der Waals surface area contributed by atoms with Gasteiger partial charge in [0, 0.05) is 27.3 Å². The first kappa shape index (κ1) is 12.1. The van der Waals surface area contributed by atoms with Crippen molar-refractivity contribution in [2.24, 2.45) is 0 Å². The summed E-state index contributed by atoms with van der Waals surface area (Å²) in [5, 5.41) is 5.59. The molecule has 74 valence electrons. The lowest BCUT2D eigenvalue weighted by Gasteiger charge is -2.05. The third-order valence-corrected chi connectivity index (χ3v) is 2.33. The van der Waals surface area contributed by atoms with Gasteiger partial charge in [-0.25, -0.2) is 0 Å². The highest BCUT2D eigenvalue weighted by Crippen LogP contribution is 2.04. The van der Waals surface area contributed by atoms with E-state index in [2.05, 4.69) is 10.2 Å². The van der Waals surface area contributed by atoms with Crippen molar-refractivity contribution >= 4 is 8.10 Å². The molecule has 0 amide bonds. The molecule has 0 aliphatic carbocycles. The van der Waals surface area contributed by atoms with E-state index in [1.165, 1.54) is 0 Å². The monoisotopic (exact) mass is 196 g/mol. The Labute approximate surface area is 73.7 Å². The minimum atomic E-state index is -1.84. The molecule has 6 heteroatoms. The van der Waals surface area contributed by atoms with Crippen molar-refractivity contribution in [1.82, 2.24) is 10.2 Å². The molecular weight excluding hydrogens is 179 g/mol. The third kappa shape index (κ3) is 8.17. The number of hydrogen-bond acceptors (Lipinski definition) is 3. The van der Waals surface area contributed by atoms with Gasteiger partial charge in [-0.3, -0.25) is 14.7 Å². The van der Waals surface area contributed by atoms with Gasteiger partial charge in [-0.05, 0) is 0 Å². The first-order valence-corrected chi connectivity index (χ1v) is 5.21. The maximum absolute atomic E-state index is 11.0. The second-order valence-electron chi connectivity index (χ2n) is 2.17. The van der Waals surface area contributed by atoms with Crippen LogP contribution in [0.1, 0.15) is 0 Å². The van der Waals surface area contributed by atoms with E-state index in [1.807, 2.05) is 0 Å². The molecule has 0 rings (SSSR count). The summed E-state index contributed by atoms with van der Waals surface area (Å²) >= 11 is 0. The Morgan fingerprint density at radius 3 is 1.83 bits per heavy atom. The largest absolute Gasteiger partial charge is 0.383 e. The fourth-order valence-corrected chi connectivity index (χ4v) is 1.38. The summed E-state index contributed by atoms with van der Waals surface area (Å²) in [6.45, 7) is 2.35. The van der Waals surface area contributed by atoms with Crippen molar-refractivity contribution in [1.29, 1.82) is 0 Å². The Morgan fingerprint density at radius 1 is 1.08 bits per heavy atom. The van der Waals surface area contributed by atoms with Crippen molar-refractivity contribution < 1.29 is 14.0 Å². The van der Waals surface area contributed by atoms with Crippen molar-refractivity contribution in [3.8, 4) is 0 Å². The lowest BCUT2D eigenvalue weighted by atomic mass is 10.7. The molecule has 0 heterocycles. The average Bonchev–Trinajstić information content (AvgIpc) is 2.06. The summed E-state index contributed by atoms with van der Waals surface area (Å²) in [5.41, 5.74) is 0. The highest BCUT2D eigenvalue weighted by Gasteiger charge is 1.94. The molecular formula is C6H17N2O3P. The van der Waals surface area contributed by atoms with Gasteiger partial charge in [-0.1, -0.05) is 0 Å². The second kappa shape index (κ2) is 9.16. The second-order valence-corrected chi connectivity index (χ2v) is 3.53. The summed E-state index contributed by atoms with van der Waals surface area (Å²) in [5.74, 6) is 0. The van der Waals surface area contributed by atoms with Crippen molar-refractivity contribution in [3.63, 3.8) is 0 Å². The van der Waals surface area contributed by atoms with Gasteiger partial charge in [0.15, 0.2) is 8.10 Å². The van der Waals surface area contributed by atoms with Gasteiger partial charge >= 0.3 is 0 Å². The van der Waals surface area contributed by atoms with Crippen LogP contribution in [0, 0.1) is 0 Å². The van der Waals surface area contributed by atoms with E-state index in [4.69, 9.17) is 9.47 Å². The van der Waals surface area contributed by atoms with Gasteiger partial charge in [0.25, 0.3) is 0 Å². The molecule has 0 aliphatic heterocycles. The quantitative estimate of drug-likeness (QED) is 0.417. The summed E-state index contributed by atoms with van der Waals surface area (Å²) in [4.78, 5) is 0. The van der Waals surface area contributed by atoms with Gasteiger partial charge in [0.05, 0.1) is 13.2 Å². The van der Waals surface area contributed by atoms with E-state index in [9.17, 15) is 4.57 Å². The molecule has 5 nitrogen and oxygen atoms in total. The van der Waals surface area contributed by atoms with E-state index in [0.717, 1.165) is 0 Å². The molecule has 0 atom stereocenters. The lowest BCUT2D eigenvalue weighted by molar-refractivity contribution is 0.202. The topological polar surface area (TPSA) is 59.6 Å². The summed E-state index contributed by atoms with van der Waals surface area (Å²) < 4.78 is 20.6. The molecule has 0 radical (unpaired) electrons.